The minimum Gasteiger partial charge on any atom is -0.480 e. The number of H-pyrrole nitrogens is 1. The van der Waals surface area contributed by atoms with Gasteiger partial charge in [-0.25, -0.2) is 0 Å². The van der Waals surface area contributed by atoms with Crippen LogP contribution in [0.1, 0.15) is 24.6 Å². The molecular formula is C10H16N4O2. The van der Waals surface area contributed by atoms with Crippen molar-refractivity contribution < 1.29 is 9.90 Å². The first-order valence-electron chi connectivity index (χ1n) is 5.46. The predicted molar refractivity (Wildman–Crippen MR) is 58.0 cm³/mol. The number of nitrogens with zero attached hydrogens (tertiary/aromatic N) is 1. The van der Waals surface area contributed by atoms with Gasteiger partial charge in [0, 0.05) is 18.8 Å². The zero-order valence-corrected chi connectivity index (χ0v) is 8.94. The molecule has 0 spiro atoms. The molecule has 6 nitrogen and oxygen atoms in total. The van der Waals surface area contributed by atoms with E-state index in [1.54, 1.807) is 12.3 Å². The van der Waals surface area contributed by atoms with E-state index in [4.69, 9.17) is 5.11 Å². The number of aromatic nitrogens is 2. The maximum Gasteiger partial charge on any atom is 0.326 e. The Morgan fingerprint density at radius 3 is 3.12 bits per heavy atom. The molecule has 1 saturated heterocycles. The lowest BCUT2D eigenvalue weighted by Gasteiger charge is -2.26. The number of aromatic amines is 1. The average Bonchev–Trinajstić information content (AvgIpc) is 2.80. The van der Waals surface area contributed by atoms with Crippen molar-refractivity contribution in [3.05, 3.63) is 18.0 Å². The molecule has 1 aromatic rings. The van der Waals surface area contributed by atoms with Crippen molar-refractivity contribution in [2.75, 3.05) is 13.1 Å². The molecule has 1 aromatic heterocycles. The van der Waals surface area contributed by atoms with Crippen molar-refractivity contribution in [1.82, 2.24) is 20.8 Å². The fraction of sp³-hybridized carbons (Fsp3) is 0.600. The van der Waals surface area contributed by atoms with Crippen molar-refractivity contribution in [3.63, 3.8) is 0 Å². The monoisotopic (exact) mass is 224 g/mol. The molecule has 0 amide bonds. The zero-order valence-electron chi connectivity index (χ0n) is 8.94. The van der Waals surface area contributed by atoms with Crippen LogP contribution in [-0.4, -0.2) is 40.4 Å². The first kappa shape index (κ1) is 11.1. The molecule has 1 aliphatic rings. The molecule has 88 valence electrons. The molecule has 2 unspecified atom stereocenters. The Morgan fingerprint density at radius 2 is 2.56 bits per heavy atom. The SMILES string of the molecule is O=C(O)C(NC1CCCNC1)c1ccn[nH]1. The van der Waals surface area contributed by atoms with Crippen molar-refractivity contribution in [2.45, 2.75) is 24.9 Å². The van der Waals surface area contributed by atoms with Crippen LogP contribution in [0.3, 0.4) is 0 Å². The largest absolute Gasteiger partial charge is 0.480 e. The van der Waals surface area contributed by atoms with Crippen LogP contribution in [0.2, 0.25) is 0 Å². The molecule has 1 aliphatic heterocycles. The van der Waals surface area contributed by atoms with Gasteiger partial charge in [-0.05, 0) is 25.5 Å². The number of carboxylic acids is 1. The minimum atomic E-state index is -0.880. The number of carbonyl (C=O) groups is 1. The molecule has 0 saturated carbocycles. The maximum atomic E-state index is 11.1. The van der Waals surface area contributed by atoms with Crippen LogP contribution in [-0.2, 0) is 4.79 Å². The number of rotatable bonds is 4. The summed E-state index contributed by atoms with van der Waals surface area (Å²) in [6.07, 6.45) is 3.64. The molecule has 6 heteroatoms. The third-order valence-electron chi connectivity index (χ3n) is 2.78. The molecule has 0 aromatic carbocycles. The van der Waals surface area contributed by atoms with Gasteiger partial charge in [0.1, 0.15) is 6.04 Å². The van der Waals surface area contributed by atoms with E-state index in [1.165, 1.54) is 0 Å². The number of nitrogens with one attached hydrogen (secondary N) is 3. The van der Waals surface area contributed by atoms with Gasteiger partial charge in [-0.15, -0.1) is 0 Å². The third-order valence-corrected chi connectivity index (χ3v) is 2.78. The Labute approximate surface area is 93.4 Å². The van der Waals surface area contributed by atoms with Crippen LogP contribution in [0.25, 0.3) is 0 Å². The van der Waals surface area contributed by atoms with Gasteiger partial charge in [-0.3, -0.25) is 15.2 Å². The fourth-order valence-corrected chi connectivity index (χ4v) is 1.95. The number of hydrogen-bond donors (Lipinski definition) is 4. The Balaban J connectivity index is 2.00. The second kappa shape index (κ2) is 5.09. The van der Waals surface area contributed by atoms with E-state index < -0.39 is 12.0 Å². The number of aliphatic carboxylic acids is 1. The van der Waals surface area contributed by atoms with Gasteiger partial charge in [-0.2, -0.15) is 5.10 Å². The third kappa shape index (κ3) is 2.59. The molecule has 16 heavy (non-hydrogen) atoms. The first-order chi connectivity index (χ1) is 7.77. The summed E-state index contributed by atoms with van der Waals surface area (Å²) in [5.41, 5.74) is 0.595. The second-order valence-electron chi connectivity index (χ2n) is 3.99. The van der Waals surface area contributed by atoms with E-state index in [1.807, 2.05) is 0 Å². The van der Waals surface area contributed by atoms with Crippen LogP contribution >= 0.6 is 0 Å². The Hall–Kier alpha value is -1.40. The van der Waals surface area contributed by atoms with Gasteiger partial charge in [-0.1, -0.05) is 0 Å². The van der Waals surface area contributed by atoms with Crippen molar-refractivity contribution >= 4 is 5.97 Å². The summed E-state index contributed by atoms with van der Waals surface area (Å²) in [4.78, 5) is 11.1. The standard InChI is InChI=1S/C10H16N4O2/c15-10(16)9(8-3-5-12-14-8)13-7-2-1-4-11-6-7/h3,5,7,9,11,13H,1-2,4,6H2,(H,12,14)(H,15,16). The van der Waals surface area contributed by atoms with Crippen LogP contribution < -0.4 is 10.6 Å². The van der Waals surface area contributed by atoms with E-state index in [0.717, 1.165) is 25.9 Å². The molecule has 2 atom stereocenters. The molecule has 0 aliphatic carbocycles. The highest BCUT2D eigenvalue weighted by molar-refractivity contribution is 5.74. The van der Waals surface area contributed by atoms with Crippen LogP contribution in [0, 0.1) is 0 Å². The smallest absolute Gasteiger partial charge is 0.326 e. The normalized spacial score (nSPS) is 22.9. The quantitative estimate of drug-likeness (QED) is 0.572. The highest BCUT2D eigenvalue weighted by Gasteiger charge is 2.25. The average molecular weight is 224 g/mol. The fourth-order valence-electron chi connectivity index (χ4n) is 1.95. The second-order valence-corrected chi connectivity index (χ2v) is 3.99. The van der Waals surface area contributed by atoms with Crippen molar-refractivity contribution in [2.24, 2.45) is 0 Å². The molecule has 0 bridgehead atoms. The molecule has 2 heterocycles. The Kier molecular flexibility index (Phi) is 3.53. The van der Waals surface area contributed by atoms with Gasteiger partial charge >= 0.3 is 5.97 Å². The summed E-state index contributed by atoms with van der Waals surface area (Å²) in [6.45, 7) is 1.83. The highest BCUT2D eigenvalue weighted by Crippen LogP contribution is 2.13. The van der Waals surface area contributed by atoms with Crippen LogP contribution in [0.5, 0.6) is 0 Å². The Morgan fingerprint density at radius 1 is 1.69 bits per heavy atom. The first-order valence-corrected chi connectivity index (χ1v) is 5.46. The Bertz CT molecular complexity index is 333. The van der Waals surface area contributed by atoms with Gasteiger partial charge < -0.3 is 10.4 Å². The molecule has 2 rings (SSSR count). The summed E-state index contributed by atoms with van der Waals surface area (Å²) in [5.74, 6) is -0.880. The van der Waals surface area contributed by atoms with Crippen LogP contribution in [0.4, 0.5) is 0 Å². The summed E-state index contributed by atoms with van der Waals surface area (Å²) >= 11 is 0. The lowest BCUT2D eigenvalue weighted by atomic mass is 10.1. The lowest BCUT2D eigenvalue weighted by molar-refractivity contribution is -0.140. The number of piperidine rings is 1. The summed E-state index contributed by atoms with van der Waals surface area (Å²) in [6, 6.07) is 1.19. The maximum absolute atomic E-state index is 11.1. The highest BCUT2D eigenvalue weighted by atomic mass is 16.4. The molecule has 0 radical (unpaired) electrons. The van der Waals surface area contributed by atoms with Gasteiger partial charge in [0.15, 0.2) is 0 Å². The van der Waals surface area contributed by atoms with Gasteiger partial charge in [0.2, 0.25) is 0 Å². The van der Waals surface area contributed by atoms with E-state index in [2.05, 4.69) is 20.8 Å². The van der Waals surface area contributed by atoms with Gasteiger partial charge in [0.05, 0.1) is 5.69 Å². The van der Waals surface area contributed by atoms with Gasteiger partial charge in [0.25, 0.3) is 0 Å². The molecular weight excluding hydrogens is 208 g/mol. The van der Waals surface area contributed by atoms with Crippen LogP contribution in [0.15, 0.2) is 12.3 Å². The summed E-state index contributed by atoms with van der Waals surface area (Å²) in [5, 5.41) is 22.0. The topological polar surface area (TPSA) is 90.0 Å². The predicted octanol–water partition coefficient (Wildman–Crippen LogP) is -0.123. The lowest BCUT2D eigenvalue weighted by Crippen LogP contribution is -2.46. The summed E-state index contributed by atoms with van der Waals surface area (Å²) < 4.78 is 0. The summed E-state index contributed by atoms with van der Waals surface area (Å²) in [7, 11) is 0. The zero-order chi connectivity index (χ0) is 11.4. The van der Waals surface area contributed by atoms with E-state index in [9.17, 15) is 4.79 Å². The molecule has 4 N–H and O–H groups in total. The minimum absolute atomic E-state index is 0.207. The van der Waals surface area contributed by atoms with E-state index >= 15 is 0 Å². The van der Waals surface area contributed by atoms with Crippen molar-refractivity contribution in [3.8, 4) is 0 Å². The number of carboxylic acid groups (broad SMARTS) is 1. The van der Waals surface area contributed by atoms with Crippen molar-refractivity contribution in [1.29, 1.82) is 0 Å². The van der Waals surface area contributed by atoms with E-state index in [-0.39, 0.29) is 6.04 Å². The van der Waals surface area contributed by atoms with E-state index in [0.29, 0.717) is 5.69 Å². The molecule has 1 fully saturated rings. The number of hydrogen-bond acceptors (Lipinski definition) is 4.